The summed E-state index contributed by atoms with van der Waals surface area (Å²) >= 11 is 0. The van der Waals surface area contributed by atoms with Crippen LogP contribution < -0.4 is 5.32 Å². The van der Waals surface area contributed by atoms with Crippen LogP contribution in [0.15, 0.2) is 30.3 Å². The molecule has 5 heteroatoms. The van der Waals surface area contributed by atoms with Crippen molar-refractivity contribution in [2.75, 3.05) is 33.3 Å². The van der Waals surface area contributed by atoms with E-state index in [2.05, 4.69) is 41.4 Å². The number of benzene rings is 1. The highest BCUT2D eigenvalue weighted by Crippen LogP contribution is 2.19. The van der Waals surface area contributed by atoms with Gasteiger partial charge in [-0.2, -0.15) is 0 Å². The third kappa shape index (κ3) is 4.71. The molecule has 1 aromatic carbocycles. The average Bonchev–Trinajstić information content (AvgIpc) is 2.51. The first-order chi connectivity index (χ1) is 10.6. The quantitative estimate of drug-likeness (QED) is 0.867. The molecule has 2 amide bonds. The molecule has 0 bridgehead atoms. The van der Waals surface area contributed by atoms with Crippen LogP contribution >= 0.6 is 0 Å². The Bertz CT molecular complexity index is 466. The number of likely N-dealkylation sites (N-methyl/N-ethyl adjacent to an activating group) is 1. The van der Waals surface area contributed by atoms with E-state index in [4.69, 9.17) is 5.11 Å². The summed E-state index contributed by atoms with van der Waals surface area (Å²) in [6, 6.07) is 10.6. The molecule has 0 saturated carbocycles. The lowest BCUT2D eigenvalue weighted by Gasteiger charge is -2.38. The number of amides is 2. The Hall–Kier alpha value is -1.59. The number of likely N-dealkylation sites (tertiary alicyclic amines) is 1. The highest BCUT2D eigenvalue weighted by Gasteiger charge is 2.27. The van der Waals surface area contributed by atoms with Gasteiger partial charge in [0.2, 0.25) is 0 Å². The number of aliphatic hydroxyl groups excluding tert-OH is 1. The van der Waals surface area contributed by atoms with Crippen LogP contribution in [0.5, 0.6) is 0 Å². The molecule has 0 radical (unpaired) electrons. The number of urea groups is 1. The van der Waals surface area contributed by atoms with E-state index >= 15 is 0 Å². The molecule has 1 aliphatic heterocycles. The first-order valence-corrected chi connectivity index (χ1v) is 7.99. The van der Waals surface area contributed by atoms with Crippen LogP contribution in [0.2, 0.25) is 0 Å². The van der Waals surface area contributed by atoms with Gasteiger partial charge in [0.1, 0.15) is 0 Å². The van der Waals surface area contributed by atoms with Crippen molar-refractivity contribution in [3.05, 3.63) is 35.9 Å². The second kappa shape index (κ2) is 8.15. The smallest absolute Gasteiger partial charge is 0.317 e. The summed E-state index contributed by atoms with van der Waals surface area (Å²) in [4.78, 5) is 16.0. The van der Waals surface area contributed by atoms with Gasteiger partial charge in [0.25, 0.3) is 0 Å². The first kappa shape index (κ1) is 16.8. The van der Waals surface area contributed by atoms with Crippen molar-refractivity contribution >= 4 is 6.03 Å². The third-order valence-corrected chi connectivity index (χ3v) is 4.33. The summed E-state index contributed by atoms with van der Waals surface area (Å²) in [5.41, 5.74) is 1.33. The maximum absolute atomic E-state index is 12.0. The van der Waals surface area contributed by atoms with Gasteiger partial charge in [0, 0.05) is 39.3 Å². The lowest BCUT2D eigenvalue weighted by atomic mass is 9.93. The minimum Gasteiger partial charge on any atom is -0.395 e. The third-order valence-electron chi connectivity index (χ3n) is 4.33. The Balaban J connectivity index is 1.81. The molecule has 2 unspecified atom stereocenters. The van der Waals surface area contributed by atoms with Crippen LogP contribution in [0.4, 0.5) is 4.79 Å². The van der Waals surface area contributed by atoms with Gasteiger partial charge >= 0.3 is 6.03 Å². The standard InChI is InChI=1S/C17H27N3O2/c1-14-12-20(13-15-6-4-3-5-7-15)9-8-16(14)18-17(22)19(2)10-11-21/h3-7,14,16,21H,8-13H2,1-2H3,(H,18,22). The summed E-state index contributed by atoms with van der Waals surface area (Å²) in [5, 5.41) is 12.0. The molecule has 122 valence electrons. The van der Waals surface area contributed by atoms with E-state index in [0.717, 1.165) is 26.1 Å². The molecule has 0 aromatic heterocycles. The van der Waals surface area contributed by atoms with E-state index in [0.29, 0.717) is 12.5 Å². The van der Waals surface area contributed by atoms with Crippen LogP contribution in [-0.2, 0) is 6.54 Å². The average molecular weight is 305 g/mol. The summed E-state index contributed by atoms with van der Waals surface area (Å²) in [6.45, 7) is 5.50. The topological polar surface area (TPSA) is 55.8 Å². The van der Waals surface area contributed by atoms with E-state index in [9.17, 15) is 4.79 Å². The van der Waals surface area contributed by atoms with Crippen molar-refractivity contribution in [3.8, 4) is 0 Å². The number of hydrogen-bond donors (Lipinski definition) is 2. The molecule has 2 N–H and O–H groups in total. The molecule has 2 rings (SSSR count). The van der Waals surface area contributed by atoms with E-state index in [1.165, 1.54) is 10.5 Å². The van der Waals surface area contributed by atoms with Crippen LogP contribution in [0.3, 0.4) is 0 Å². The number of piperidine rings is 1. The Morgan fingerprint density at radius 1 is 1.41 bits per heavy atom. The van der Waals surface area contributed by atoms with Crippen molar-refractivity contribution in [1.29, 1.82) is 0 Å². The van der Waals surface area contributed by atoms with Gasteiger partial charge in [0.15, 0.2) is 0 Å². The molecule has 1 aromatic rings. The number of nitrogens with zero attached hydrogens (tertiary/aromatic N) is 2. The number of carbonyl (C=O) groups excluding carboxylic acids is 1. The van der Waals surface area contributed by atoms with Crippen LogP contribution in [0, 0.1) is 5.92 Å². The molecule has 5 nitrogen and oxygen atoms in total. The lowest BCUT2D eigenvalue weighted by Crippen LogP contribution is -2.52. The van der Waals surface area contributed by atoms with E-state index in [1.807, 2.05) is 6.07 Å². The van der Waals surface area contributed by atoms with Crippen molar-refractivity contribution in [2.24, 2.45) is 5.92 Å². The predicted molar refractivity (Wildman–Crippen MR) is 87.5 cm³/mol. The van der Waals surface area contributed by atoms with E-state index in [-0.39, 0.29) is 18.7 Å². The van der Waals surface area contributed by atoms with E-state index in [1.54, 1.807) is 7.05 Å². The second-order valence-electron chi connectivity index (χ2n) is 6.19. The Labute approximate surface area is 132 Å². The SMILES string of the molecule is CC1CN(Cc2ccccc2)CCC1NC(=O)N(C)CCO. The molecule has 22 heavy (non-hydrogen) atoms. The maximum atomic E-state index is 12.0. The van der Waals surface area contributed by atoms with E-state index < -0.39 is 0 Å². The Morgan fingerprint density at radius 2 is 2.14 bits per heavy atom. The zero-order valence-electron chi connectivity index (χ0n) is 13.5. The summed E-state index contributed by atoms with van der Waals surface area (Å²) in [5.74, 6) is 0.420. The van der Waals surface area contributed by atoms with Crippen LogP contribution in [-0.4, -0.2) is 60.3 Å². The summed E-state index contributed by atoms with van der Waals surface area (Å²) in [7, 11) is 1.71. The number of nitrogens with one attached hydrogen (secondary N) is 1. The largest absolute Gasteiger partial charge is 0.395 e. The summed E-state index contributed by atoms with van der Waals surface area (Å²) in [6.07, 6.45) is 0.965. The normalized spacial score (nSPS) is 22.3. The predicted octanol–water partition coefficient (Wildman–Crippen LogP) is 1.53. The fraction of sp³-hybridized carbons (Fsp3) is 0.588. The zero-order chi connectivity index (χ0) is 15.9. The Kier molecular flexibility index (Phi) is 6.21. The van der Waals surface area contributed by atoms with Gasteiger partial charge in [-0.1, -0.05) is 37.3 Å². The number of aliphatic hydroxyl groups is 1. The number of rotatable bonds is 5. The monoisotopic (exact) mass is 305 g/mol. The maximum Gasteiger partial charge on any atom is 0.317 e. The number of hydrogen-bond acceptors (Lipinski definition) is 3. The van der Waals surface area contributed by atoms with Crippen molar-refractivity contribution in [2.45, 2.75) is 25.9 Å². The van der Waals surface area contributed by atoms with Gasteiger partial charge in [-0.25, -0.2) is 4.79 Å². The first-order valence-electron chi connectivity index (χ1n) is 7.99. The zero-order valence-corrected chi connectivity index (χ0v) is 13.5. The molecule has 1 aliphatic rings. The van der Waals surface area contributed by atoms with Crippen molar-refractivity contribution in [3.63, 3.8) is 0 Å². The highest BCUT2D eigenvalue weighted by molar-refractivity contribution is 5.74. The van der Waals surface area contributed by atoms with Crippen LogP contribution in [0.25, 0.3) is 0 Å². The van der Waals surface area contributed by atoms with Gasteiger partial charge < -0.3 is 15.3 Å². The van der Waals surface area contributed by atoms with Crippen LogP contribution in [0.1, 0.15) is 18.9 Å². The van der Waals surface area contributed by atoms with Gasteiger partial charge in [-0.3, -0.25) is 4.90 Å². The molecule has 1 heterocycles. The van der Waals surface area contributed by atoms with Gasteiger partial charge in [-0.15, -0.1) is 0 Å². The van der Waals surface area contributed by atoms with Crippen molar-refractivity contribution in [1.82, 2.24) is 15.1 Å². The minimum absolute atomic E-state index is 0.00497. The molecular weight excluding hydrogens is 278 g/mol. The fourth-order valence-electron chi connectivity index (χ4n) is 2.95. The van der Waals surface area contributed by atoms with Gasteiger partial charge in [0.05, 0.1) is 6.61 Å². The van der Waals surface area contributed by atoms with Crippen molar-refractivity contribution < 1.29 is 9.90 Å². The molecule has 1 saturated heterocycles. The molecule has 0 spiro atoms. The summed E-state index contributed by atoms with van der Waals surface area (Å²) < 4.78 is 0. The molecule has 2 atom stereocenters. The van der Waals surface area contributed by atoms with Gasteiger partial charge in [-0.05, 0) is 17.9 Å². The molecule has 1 fully saturated rings. The highest BCUT2D eigenvalue weighted by atomic mass is 16.3. The molecule has 0 aliphatic carbocycles. The lowest BCUT2D eigenvalue weighted by molar-refractivity contribution is 0.134. The minimum atomic E-state index is -0.0950. The fourth-order valence-corrected chi connectivity index (χ4v) is 2.95. The second-order valence-corrected chi connectivity index (χ2v) is 6.19. The Morgan fingerprint density at radius 3 is 2.77 bits per heavy atom. The number of carbonyl (C=O) groups is 1. The molecular formula is C17H27N3O2.